The molecule has 0 fully saturated rings. The van der Waals surface area contributed by atoms with Gasteiger partial charge in [-0.1, -0.05) is 6.58 Å². The van der Waals surface area contributed by atoms with Crippen molar-refractivity contribution in [2.75, 3.05) is 41.0 Å². The van der Waals surface area contributed by atoms with E-state index in [2.05, 4.69) is 17.2 Å². The van der Waals surface area contributed by atoms with Gasteiger partial charge in [0.05, 0.1) is 6.54 Å². The molecule has 2 N–H and O–H groups in total. The molecule has 122 valence electrons. The highest BCUT2D eigenvalue weighted by Gasteiger charge is 2.36. The summed E-state index contributed by atoms with van der Waals surface area (Å²) in [6, 6.07) is 0.275. The van der Waals surface area contributed by atoms with Crippen LogP contribution in [0.4, 0.5) is 4.79 Å². The quantitative estimate of drug-likeness (QED) is 0.246. The fourth-order valence-electron chi connectivity index (χ4n) is 1.50. The second kappa shape index (κ2) is 11.3. The highest BCUT2D eigenvalue weighted by Crippen LogP contribution is 2.14. The van der Waals surface area contributed by atoms with Crippen LogP contribution in [0.15, 0.2) is 12.7 Å². The SMILES string of the molecule is C=CC(=O)OCCNC(=O)NCCC[Si](OC)(OC)OC. The molecule has 0 unspecified atom stereocenters. The third-order valence-corrected chi connectivity index (χ3v) is 5.51. The number of carbonyl (C=O) groups excluding carboxylic acids is 2. The van der Waals surface area contributed by atoms with Crippen LogP contribution in [0, 0.1) is 0 Å². The lowest BCUT2D eigenvalue weighted by Crippen LogP contribution is -2.44. The van der Waals surface area contributed by atoms with Gasteiger partial charge in [0.15, 0.2) is 0 Å². The molecule has 0 radical (unpaired) electrons. The normalized spacial score (nSPS) is 10.8. The molecule has 0 heterocycles. The average molecular weight is 320 g/mol. The first-order valence-electron chi connectivity index (χ1n) is 6.50. The largest absolute Gasteiger partial charge is 0.500 e. The minimum absolute atomic E-state index is 0.103. The highest BCUT2D eigenvalue weighted by molar-refractivity contribution is 6.60. The number of hydrogen-bond acceptors (Lipinski definition) is 6. The van der Waals surface area contributed by atoms with Crippen LogP contribution in [0.2, 0.25) is 6.04 Å². The lowest BCUT2D eigenvalue weighted by atomic mass is 10.5. The third kappa shape index (κ3) is 8.45. The summed E-state index contributed by atoms with van der Waals surface area (Å²) in [5.41, 5.74) is 0. The van der Waals surface area contributed by atoms with Crippen molar-refractivity contribution in [2.24, 2.45) is 0 Å². The Balaban J connectivity index is 3.70. The van der Waals surface area contributed by atoms with E-state index in [4.69, 9.17) is 18.0 Å². The highest BCUT2D eigenvalue weighted by atomic mass is 28.4. The summed E-state index contributed by atoms with van der Waals surface area (Å²) in [7, 11) is 2.06. The Morgan fingerprint density at radius 2 is 1.67 bits per heavy atom. The molecule has 0 saturated carbocycles. The zero-order valence-electron chi connectivity index (χ0n) is 12.8. The molecule has 0 aromatic heterocycles. The van der Waals surface area contributed by atoms with Crippen molar-refractivity contribution in [1.82, 2.24) is 10.6 Å². The maximum atomic E-state index is 11.4. The topological polar surface area (TPSA) is 95.1 Å². The maximum absolute atomic E-state index is 11.4. The number of esters is 1. The number of carbonyl (C=O) groups is 2. The third-order valence-electron chi connectivity index (χ3n) is 2.68. The Bertz CT molecular complexity index is 327. The van der Waals surface area contributed by atoms with E-state index in [-0.39, 0.29) is 19.2 Å². The number of ether oxygens (including phenoxy) is 1. The van der Waals surface area contributed by atoms with Crippen molar-refractivity contribution >= 4 is 20.8 Å². The summed E-state index contributed by atoms with van der Waals surface area (Å²) >= 11 is 0. The number of nitrogens with one attached hydrogen (secondary N) is 2. The minimum Gasteiger partial charge on any atom is -0.461 e. The summed E-state index contributed by atoms with van der Waals surface area (Å²) in [6.07, 6.45) is 1.73. The van der Waals surface area contributed by atoms with Crippen molar-refractivity contribution in [3.63, 3.8) is 0 Å². The van der Waals surface area contributed by atoms with Crippen LogP contribution >= 0.6 is 0 Å². The Morgan fingerprint density at radius 1 is 1.10 bits per heavy atom. The van der Waals surface area contributed by atoms with Crippen LogP contribution in [0.3, 0.4) is 0 Å². The van der Waals surface area contributed by atoms with E-state index in [1.165, 1.54) is 0 Å². The molecular formula is C12H24N2O6Si. The van der Waals surface area contributed by atoms with Gasteiger partial charge in [0.25, 0.3) is 0 Å². The van der Waals surface area contributed by atoms with Crippen LogP contribution in [-0.2, 0) is 22.8 Å². The summed E-state index contributed by atoms with van der Waals surface area (Å²) in [4.78, 5) is 22.2. The van der Waals surface area contributed by atoms with Crippen LogP contribution < -0.4 is 10.6 Å². The predicted octanol–water partition coefficient (Wildman–Crippen LogP) is 0.283. The van der Waals surface area contributed by atoms with Crippen LogP contribution in [0.25, 0.3) is 0 Å². The van der Waals surface area contributed by atoms with Gasteiger partial charge in [-0.15, -0.1) is 0 Å². The Kier molecular flexibility index (Phi) is 10.5. The molecule has 0 saturated heterocycles. The van der Waals surface area contributed by atoms with Gasteiger partial charge in [-0.3, -0.25) is 0 Å². The number of amides is 2. The van der Waals surface area contributed by atoms with Gasteiger partial charge in [-0.05, 0) is 6.42 Å². The van der Waals surface area contributed by atoms with Crippen molar-refractivity contribution in [3.05, 3.63) is 12.7 Å². The second-order valence-electron chi connectivity index (χ2n) is 3.95. The first kappa shape index (κ1) is 19.6. The lowest BCUT2D eigenvalue weighted by Gasteiger charge is -2.24. The molecule has 0 atom stereocenters. The summed E-state index contributed by atoms with van der Waals surface area (Å²) < 4.78 is 20.5. The summed E-state index contributed by atoms with van der Waals surface area (Å²) in [5, 5.41) is 5.23. The molecule has 8 nitrogen and oxygen atoms in total. The molecule has 0 spiro atoms. The van der Waals surface area contributed by atoms with Gasteiger partial charge in [-0.25, -0.2) is 9.59 Å². The first-order valence-corrected chi connectivity index (χ1v) is 8.43. The Labute approximate surface area is 126 Å². The number of urea groups is 1. The van der Waals surface area contributed by atoms with Crippen molar-refractivity contribution in [2.45, 2.75) is 12.5 Å². The minimum atomic E-state index is -2.58. The molecule has 21 heavy (non-hydrogen) atoms. The van der Waals surface area contributed by atoms with E-state index >= 15 is 0 Å². The molecule has 0 aliphatic rings. The zero-order valence-corrected chi connectivity index (χ0v) is 13.8. The standard InChI is InChI=1S/C12H24N2O6Si/c1-5-11(15)20-9-8-14-12(16)13-7-6-10-21(17-2,18-3)19-4/h5H,1,6-10H2,2-4H3,(H2,13,14,16). The van der Waals surface area contributed by atoms with E-state index in [0.29, 0.717) is 19.0 Å². The van der Waals surface area contributed by atoms with Crippen LogP contribution in [-0.4, -0.2) is 61.8 Å². The fourth-order valence-corrected chi connectivity index (χ4v) is 3.22. The summed E-state index contributed by atoms with van der Waals surface area (Å²) in [5.74, 6) is -0.516. The maximum Gasteiger partial charge on any atom is 0.500 e. The molecule has 0 aliphatic heterocycles. The molecule has 0 aromatic rings. The van der Waals surface area contributed by atoms with Gasteiger partial charge in [0, 0.05) is 40.0 Å². The smallest absolute Gasteiger partial charge is 0.461 e. The van der Waals surface area contributed by atoms with Gasteiger partial charge in [0.1, 0.15) is 6.61 Å². The van der Waals surface area contributed by atoms with E-state index < -0.39 is 14.8 Å². The second-order valence-corrected chi connectivity index (χ2v) is 7.04. The molecule has 0 bridgehead atoms. The van der Waals surface area contributed by atoms with Crippen LogP contribution in [0.1, 0.15) is 6.42 Å². The average Bonchev–Trinajstić information content (AvgIpc) is 2.52. The van der Waals surface area contributed by atoms with Crippen molar-refractivity contribution in [3.8, 4) is 0 Å². The molecule has 9 heteroatoms. The van der Waals surface area contributed by atoms with Gasteiger partial charge in [0.2, 0.25) is 0 Å². The van der Waals surface area contributed by atoms with Crippen molar-refractivity contribution in [1.29, 1.82) is 0 Å². The summed E-state index contributed by atoms with van der Waals surface area (Å²) in [6.45, 7) is 4.06. The van der Waals surface area contributed by atoms with Gasteiger partial charge >= 0.3 is 20.8 Å². The van der Waals surface area contributed by atoms with Gasteiger partial charge in [-0.2, -0.15) is 0 Å². The Morgan fingerprint density at radius 3 is 2.19 bits per heavy atom. The lowest BCUT2D eigenvalue weighted by molar-refractivity contribution is -0.137. The first-order chi connectivity index (χ1) is 10.0. The number of rotatable bonds is 11. The molecular weight excluding hydrogens is 296 g/mol. The van der Waals surface area contributed by atoms with E-state index in [1.807, 2.05) is 0 Å². The molecule has 0 aromatic carbocycles. The molecule has 0 rings (SSSR count). The van der Waals surface area contributed by atoms with Crippen LogP contribution in [0.5, 0.6) is 0 Å². The zero-order chi connectivity index (χ0) is 16.1. The predicted molar refractivity (Wildman–Crippen MR) is 78.8 cm³/mol. The Hall–Kier alpha value is -1.42. The monoisotopic (exact) mass is 320 g/mol. The van der Waals surface area contributed by atoms with E-state index in [9.17, 15) is 9.59 Å². The molecule has 0 aliphatic carbocycles. The van der Waals surface area contributed by atoms with Gasteiger partial charge < -0.3 is 28.6 Å². The van der Waals surface area contributed by atoms with E-state index in [1.54, 1.807) is 21.3 Å². The van der Waals surface area contributed by atoms with E-state index in [0.717, 1.165) is 6.08 Å². The molecule has 2 amide bonds. The van der Waals surface area contributed by atoms with Crippen molar-refractivity contribution < 1.29 is 27.6 Å². The fraction of sp³-hybridized carbons (Fsp3) is 0.667. The number of hydrogen-bond donors (Lipinski definition) is 2.